The van der Waals surface area contributed by atoms with Gasteiger partial charge in [0.1, 0.15) is 0 Å². The predicted octanol–water partition coefficient (Wildman–Crippen LogP) is 13.8. The van der Waals surface area contributed by atoms with Crippen LogP contribution in [-0.2, 0) is 0 Å². The molecule has 55 heavy (non-hydrogen) atoms. The third kappa shape index (κ3) is 6.95. The third-order valence-corrected chi connectivity index (χ3v) is 10.2. The number of hydrogen-bond donors (Lipinski definition) is 2. The van der Waals surface area contributed by atoms with Gasteiger partial charge in [-0.05, 0) is 84.9 Å². The van der Waals surface area contributed by atoms with Crippen molar-refractivity contribution in [2.45, 2.75) is 0 Å². The average Bonchev–Trinajstić information content (AvgIpc) is 3.25. The monoisotopic (exact) mass is 703 g/mol. The molecule has 3 heteroatoms. The minimum absolute atomic E-state index is 0.383. The van der Waals surface area contributed by atoms with Gasteiger partial charge in [-0.1, -0.05) is 176 Å². The highest BCUT2D eigenvalue weighted by molar-refractivity contribution is 6.20. The number of allylic oxidation sites excluding steroid dienone is 1. The van der Waals surface area contributed by atoms with Crippen molar-refractivity contribution in [3.05, 3.63) is 223 Å². The van der Waals surface area contributed by atoms with E-state index >= 15 is 0 Å². The van der Waals surface area contributed by atoms with E-state index in [9.17, 15) is 5.41 Å². The van der Waals surface area contributed by atoms with Gasteiger partial charge in [0.25, 0.3) is 0 Å². The first kappa shape index (κ1) is 33.5. The zero-order valence-corrected chi connectivity index (χ0v) is 30.2. The van der Waals surface area contributed by atoms with Crippen molar-refractivity contribution in [2.75, 3.05) is 5.32 Å². The lowest BCUT2D eigenvalue weighted by Crippen LogP contribution is -1.98. The summed E-state index contributed by atoms with van der Waals surface area (Å²) in [4.78, 5) is 5.26. The van der Waals surface area contributed by atoms with Gasteiger partial charge in [-0.25, -0.2) is 0 Å². The van der Waals surface area contributed by atoms with Crippen LogP contribution in [0.1, 0.15) is 16.7 Å². The van der Waals surface area contributed by atoms with Crippen molar-refractivity contribution in [2.24, 2.45) is 4.99 Å². The Morgan fingerprint density at radius 1 is 0.455 bits per heavy atom. The van der Waals surface area contributed by atoms with Gasteiger partial charge in [0, 0.05) is 34.3 Å². The molecule has 9 aromatic rings. The number of para-hydroxylation sites is 1. The molecule has 0 aliphatic heterocycles. The summed E-state index contributed by atoms with van der Waals surface area (Å²) in [6.07, 6.45) is 3.87. The normalized spacial score (nSPS) is 11.7. The molecule has 0 bridgehead atoms. The topological polar surface area (TPSA) is 48.2 Å². The van der Waals surface area contributed by atoms with E-state index in [-0.39, 0.29) is 0 Å². The van der Waals surface area contributed by atoms with E-state index in [2.05, 4.69) is 163 Å². The fraction of sp³-hybridized carbons (Fsp3) is 0. The summed E-state index contributed by atoms with van der Waals surface area (Å²) >= 11 is 0. The van der Waals surface area contributed by atoms with E-state index in [1.165, 1.54) is 16.2 Å². The molecule has 0 heterocycles. The Kier molecular flexibility index (Phi) is 9.09. The maximum Gasteiger partial charge on any atom is 0.0724 e. The molecule has 0 atom stereocenters. The maximum absolute atomic E-state index is 9.31. The molecule has 0 unspecified atom stereocenters. The lowest BCUT2D eigenvalue weighted by molar-refractivity contribution is 1.46. The number of benzene rings is 9. The number of hydrogen-bond acceptors (Lipinski definition) is 3. The molecule has 0 aliphatic rings. The highest BCUT2D eigenvalue weighted by atomic mass is 14.9. The minimum Gasteiger partial charge on any atom is -0.355 e. The molecule has 0 aromatic heterocycles. The standard InChI is InChI=1S/C52H37N3/c53-50(40-28-26-37(27-29-40)36-14-3-1-4-15-36)34-52(42-20-13-21-43(32-42)55-51-25-12-11-24-46(51)38-16-5-2-6-17-38)54-35-49-45-23-10-8-19-41(45)33-48-44-22-9-7-18-39(44)30-31-47(48)49/h1-35,53,55H/b52-34-,53-50?,54-35?. The van der Waals surface area contributed by atoms with Gasteiger partial charge in [-0.2, -0.15) is 0 Å². The second-order valence-electron chi connectivity index (χ2n) is 13.7. The molecule has 0 radical (unpaired) electrons. The number of nitrogens with one attached hydrogen (secondary N) is 2. The Morgan fingerprint density at radius 3 is 1.91 bits per heavy atom. The molecule has 3 nitrogen and oxygen atoms in total. The Balaban J connectivity index is 1.15. The predicted molar refractivity (Wildman–Crippen MR) is 235 cm³/mol. The van der Waals surface area contributed by atoms with Crippen LogP contribution in [0.2, 0.25) is 0 Å². The fourth-order valence-corrected chi connectivity index (χ4v) is 7.39. The van der Waals surface area contributed by atoms with Crippen molar-refractivity contribution in [1.82, 2.24) is 0 Å². The largest absolute Gasteiger partial charge is 0.355 e. The van der Waals surface area contributed by atoms with Crippen molar-refractivity contribution in [1.29, 1.82) is 5.41 Å². The number of aliphatic imine (C=N–C) groups is 1. The Morgan fingerprint density at radius 2 is 1.11 bits per heavy atom. The highest BCUT2D eigenvalue weighted by Gasteiger charge is 2.12. The van der Waals surface area contributed by atoms with Gasteiger partial charge < -0.3 is 10.7 Å². The van der Waals surface area contributed by atoms with Gasteiger partial charge in [0.15, 0.2) is 0 Å². The zero-order chi connectivity index (χ0) is 37.0. The van der Waals surface area contributed by atoms with Crippen LogP contribution in [0.3, 0.4) is 0 Å². The van der Waals surface area contributed by atoms with Crippen LogP contribution in [-0.4, -0.2) is 11.9 Å². The second-order valence-corrected chi connectivity index (χ2v) is 13.7. The molecule has 0 aliphatic carbocycles. The molecule has 260 valence electrons. The molecule has 2 N–H and O–H groups in total. The van der Waals surface area contributed by atoms with Crippen LogP contribution in [0.15, 0.2) is 211 Å². The molecule has 0 saturated heterocycles. The zero-order valence-electron chi connectivity index (χ0n) is 30.2. The Hall–Kier alpha value is -7.36. The number of fused-ring (bicyclic) bond motifs is 4. The van der Waals surface area contributed by atoms with Crippen molar-refractivity contribution < 1.29 is 0 Å². The number of nitrogens with zero attached hydrogens (tertiary/aromatic N) is 1. The minimum atomic E-state index is 0.383. The van der Waals surface area contributed by atoms with Gasteiger partial charge in [-0.3, -0.25) is 4.99 Å². The summed E-state index contributed by atoms with van der Waals surface area (Å²) in [7, 11) is 0. The lowest BCUT2D eigenvalue weighted by atomic mass is 9.94. The van der Waals surface area contributed by atoms with Crippen LogP contribution in [0.25, 0.3) is 60.3 Å². The molecule has 0 amide bonds. The van der Waals surface area contributed by atoms with Crippen molar-refractivity contribution >= 4 is 61.3 Å². The van der Waals surface area contributed by atoms with E-state index in [0.717, 1.165) is 66.5 Å². The van der Waals surface area contributed by atoms with Gasteiger partial charge in [0.2, 0.25) is 0 Å². The summed E-state index contributed by atoms with van der Waals surface area (Å²) in [5, 5.41) is 20.0. The quantitative estimate of drug-likeness (QED) is 0.0877. The van der Waals surface area contributed by atoms with Gasteiger partial charge >= 0.3 is 0 Å². The first-order chi connectivity index (χ1) is 27.2. The van der Waals surface area contributed by atoms with Crippen LogP contribution in [0.5, 0.6) is 0 Å². The molecule has 0 fully saturated rings. The fourth-order valence-electron chi connectivity index (χ4n) is 7.39. The Labute approximate surface area is 321 Å². The molecule has 0 saturated carbocycles. The lowest BCUT2D eigenvalue weighted by Gasteiger charge is -2.14. The molecular weight excluding hydrogens is 667 g/mol. The van der Waals surface area contributed by atoms with Crippen LogP contribution in [0, 0.1) is 5.41 Å². The van der Waals surface area contributed by atoms with E-state index in [4.69, 9.17) is 4.99 Å². The van der Waals surface area contributed by atoms with E-state index < -0.39 is 0 Å². The van der Waals surface area contributed by atoms with Gasteiger partial charge in [-0.15, -0.1) is 0 Å². The molecule has 0 spiro atoms. The SMILES string of the molecule is N=C(/C=C(\N=Cc1c2ccccc2cc2c1ccc1ccccc12)c1cccc(Nc2ccccc2-c2ccccc2)c1)c1ccc(-c2ccccc2)cc1. The van der Waals surface area contributed by atoms with Crippen LogP contribution in [0.4, 0.5) is 11.4 Å². The Bertz CT molecular complexity index is 2890. The molecule has 9 rings (SSSR count). The summed E-state index contributed by atoms with van der Waals surface area (Å²) in [5.41, 5.74) is 10.3. The maximum atomic E-state index is 9.31. The van der Waals surface area contributed by atoms with E-state index in [1.807, 2.05) is 54.8 Å². The van der Waals surface area contributed by atoms with Crippen molar-refractivity contribution in [3.8, 4) is 22.3 Å². The summed E-state index contributed by atoms with van der Waals surface area (Å²) in [6.45, 7) is 0. The van der Waals surface area contributed by atoms with Crippen molar-refractivity contribution in [3.63, 3.8) is 0 Å². The van der Waals surface area contributed by atoms with E-state index in [1.54, 1.807) is 0 Å². The van der Waals surface area contributed by atoms with E-state index in [0.29, 0.717) is 11.4 Å². The highest BCUT2D eigenvalue weighted by Crippen LogP contribution is 2.34. The molecule has 9 aromatic carbocycles. The molecular formula is C52H37N3. The smallest absolute Gasteiger partial charge is 0.0724 e. The summed E-state index contributed by atoms with van der Waals surface area (Å²) in [6, 6.07) is 69.3. The van der Waals surface area contributed by atoms with Crippen LogP contribution < -0.4 is 5.32 Å². The second kappa shape index (κ2) is 14.9. The summed E-state index contributed by atoms with van der Waals surface area (Å²) in [5.74, 6) is 0. The first-order valence-electron chi connectivity index (χ1n) is 18.5. The number of anilines is 2. The average molecular weight is 704 g/mol. The summed E-state index contributed by atoms with van der Waals surface area (Å²) < 4.78 is 0. The first-order valence-corrected chi connectivity index (χ1v) is 18.5. The number of rotatable bonds is 9. The van der Waals surface area contributed by atoms with Crippen LogP contribution >= 0.6 is 0 Å². The third-order valence-electron chi connectivity index (χ3n) is 10.2. The van der Waals surface area contributed by atoms with Gasteiger partial charge in [0.05, 0.1) is 11.4 Å².